The summed E-state index contributed by atoms with van der Waals surface area (Å²) in [5.41, 5.74) is 0.613. The summed E-state index contributed by atoms with van der Waals surface area (Å²) in [6.07, 6.45) is 0. The molecule has 0 saturated carbocycles. The molecule has 1 unspecified atom stereocenters. The molecule has 0 N–H and O–H groups in total. The Bertz CT molecular complexity index is 836. The summed E-state index contributed by atoms with van der Waals surface area (Å²) >= 11 is 6.08. The molecule has 1 aliphatic heterocycles. The minimum atomic E-state index is -3.67. The smallest absolute Gasteiger partial charge is 0.258 e. The van der Waals surface area contributed by atoms with Crippen molar-refractivity contribution < 1.29 is 13.3 Å². The highest BCUT2D eigenvalue weighted by atomic mass is 35.5. The molecular formula is C14H11ClN2O4S. The number of nitro benzene ring substituents is 1. The fourth-order valence-corrected chi connectivity index (χ4v) is 4.06. The Morgan fingerprint density at radius 3 is 2.36 bits per heavy atom. The quantitative estimate of drug-likeness (QED) is 0.487. The number of non-ortho nitro benzene ring substituents is 1. The minimum Gasteiger partial charge on any atom is -0.258 e. The average molecular weight is 339 g/mol. The molecule has 0 aliphatic carbocycles. The number of halogens is 1. The lowest BCUT2D eigenvalue weighted by Crippen LogP contribution is -2.12. The molecule has 2 aromatic carbocycles. The third kappa shape index (κ3) is 2.58. The Labute approximate surface area is 132 Å². The zero-order valence-electron chi connectivity index (χ0n) is 11.2. The zero-order chi connectivity index (χ0) is 15.9. The maximum atomic E-state index is 12.5. The van der Waals surface area contributed by atoms with E-state index >= 15 is 0 Å². The van der Waals surface area contributed by atoms with Gasteiger partial charge in [-0.2, -0.15) is 4.31 Å². The predicted octanol–water partition coefficient (Wildman–Crippen LogP) is 2.99. The summed E-state index contributed by atoms with van der Waals surface area (Å²) in [6, 6.07) is 11.7. The lowest BCUT2D eigenvalue weighted by molar-refractivity contribution is -0.384. The van der Waals surface area contributed by atoms with Crippen LogP contribution in [0.25, 0.3) is 0 Å². The van der Waals surface area contributed by atoms with Crippen molar-refractivity contribution in [3.8, 4) is 0 Å². The Hall–Kier alpha value is -1.96. The molecule has 22 heavy (non-hydrogen) atoms. The number of nitrogens with zero attached hydrogens (tertiary/aromatic N) is 2. The van der Waals surface area contributed by atoms with Crippen LogP contribution in [0.4, 0.5) is 5.69 Å². The van der Waals surface area contributed by atoms with Crippen LogP contribution in [0.3, 0.4) is 0 Å². The van der Waals surface area contributed by atoms with Gasteiger partial charge in [0, 0.05) is 23.7 Å². The van der Waals surface area contributed by atoms with E-state index in [0.717, 1.165) is 5.56 Å². The fourth-order valence-electron chi connectivity index (χ4n) is 2.26. The van der Waals surface area contributed by atoms with Crippen LogP contribution in [0.1, 0.15) is 11.6 Å². The fraction of sp³-hybridized carbons (Fsp3) is 0.143. The van der Waals surface area contributed by atoms with Gasteiger partial charge >= 0.3 is 0 Å². The van der Waals surface area contributed by atoms with Gasteiger partial charge in [-0.15, -0.1) is 0 Å². The van der Waals surface area contributed by atoms with Crippen LogP contribution in [0.5, 0.6) is 0 Å². The number of hydrogen-bond donors (Lipinski definition) is 0. The van der Waals surface area contributed by atoms with Crippen molar-refractivity contribution in [1.82, 2.24) is 4.31 Å². The van der Waals surface area contributed by atoms with Crippen molar-refractivity contribution >= 4 is 27.3 Å². The van der Waals surface area contributed by atoms with E-state index in [0.29, 0.717) is 11.6 Å². The van der Waals surface area contributed by atoms with E-state index in [2.05, 4.69) is 0 Å². The van der Waals surface area contributed by atoms with E-state index < -0.39 is 14.9 Å². The molecule has 2 aromatic rings. The van der Waals surface area contributed by atoms with Gasteiger partial charge in [0.05, 0.1) is 15.9 Å². The van der Waals surface area contributed by atoms with Crippen molar-refractivity contribution in [2.75, 3.05) is 6.54 Å². The topological polar surface area (TPSA) is 80.3 Å². The van der Waals surface area contributed by atoms with Gasteiger partial charge < -0.3 is 0 Å². The number of rotatable bonds is 4. The highest BCUT2D eigenvalue weighted by Crippen LogP contribution is 2.42. The summed E-state index contributed by atoms with van der Waals surface area (Å²) in [5.74, 6) is 0. The number of sulfonamides is 1. The first-order chi connectivity index (χ1) is 10.4. The third-order valence-corrected chi connectivity index (χ3v) is 5.72. The summed E-state index contributed by atoms with van der Waals surface area (Å²) in [7, 11) is -3.67. The normalized spacial score (nSPS) is 20.6. The number of benzene rings is 2. The van der Waals surface area contributed by atoms with Gasteiger partial charge in [-0.05, 0) is 23.8 Å². The molecule has 3 rings (SSSR count). The van der Waals surface area contributed by atoms with Gasteiger partial charge in [0.25, 0.3) is 5.69 Å². The van der Waals surface area contributed by atoms with Crippen LogP contribution >= 0.6 is 11.6 Å². The van der Waals surface area contributed by atoms with Gasteiger partial charge in [0.1, 0.15) is 0 Å². The molecule has 0 aromatic heterocycles. The van der Waals surface area contributed by atoms with Crippen LogP contribution < -0.4 is 0 Å². The van der Waals surface area contributed by atoms with E-state index in [4.69, 9.17) is 11.6 Å². The Morgan fingerprint density at radius 2 is 1.77 bits per heavy atom. The van der Waals surface area contributed by atoms with Gasteiger partial charge in [-0.3, -0.25) is 10.1 Å². The Kier molecular flexibility index (Phi) is 3.64. The Morgan fingerprint density at radius 1 is 1.14 bits per heavy atom. The largest absolute Gasteiger partial charge is 0.269 e. The van der Waals surface area contributed by atoms with Crippen LogP contribution in [-0.2, 0) is 10.0 Å². The first kappa shape index (κ1) is 15.0. The number of nitro groups is 1. The highest BCUT2D eigenvalue weighted by Gasteiger charge is 2.46. The summed E-state index contributed by atoms with van der Waals surface area (Å²) < 4.78 is 26.3. The minimum absolute atomic E-state index is 0.0349. The zero-order valence-corrected chi connectivity index (χ0v) is 12.8. The highest BCUT2D eigenvalue weighted by molar-refractivity contribution is 7.89. The molecule has 1 heterocycles. The molecule has 0 amide bonds. The average Bonchev–Trinajstić information content (AvgIpc) is 3.29. The van der Waals surface area contributed by atoms with Gasteiger partial charge in [-0.1, -0.05) is 29.8 Å². The van der Waals surface area contributed by atoms with E-state index in [1.165, 1.54) is 28.6 Å². The summed E-state index contributed by atoms with van der Waals surface area (Å²) in [6.45, 7) is 0.350. The Balaban J connectivity index is 1.86. The summed E-state index contributed by atoms with van der Waals surface area (Å²) in [4.78, 5) is 10.1. The molecule has 8 heteroatoms. The standard InChI is InChI=1S/C14H11ClN2O4S/c15-13-4-2-1-3-12(13)14-9-16(14)22(20,21)11-7-5-10(6-8-11)17(18)19/h1-8,14H,9H2/t14-,16?/m1/s1. The van der Waals surface area contributed by atoms with Crippen molar-refractivity contribution in [3.05, 3.63) is 69.2 Å². The molecule has 0 spiro atoms. The second kappa shape index (κ2) is 5.35. The molecular weight excluding hydrogens is 328 g/mol. The monoisotopic (exact) mass is 338 g/mol. The van der Waals surface area contributed by atoms with Crippen LogP contribution in [0.2, 0.25) is 5.02 Å². The third-order valence-electron chi connectivity index (χ3n) is 3.49. The molecule has 1 aliphatic rings. The molecule has 1 saturated heterocycles. The van der Waals surface area contributed by atoms with Crippen molar-refractivity contribution in [2.45, 2.75) is 10.9 Å². The van der Waals surface area contributed by atoms with Gasteiger partial charge in [-0.25, -0.2) is 8.42 Å². The van der Waals surface area contributed by atoms with Crippen LogP contribution in [0, 0.1) is 10.1 Å². The summed E-state index contributed by atoms with van der Waals surface area (Å²) in [5, 5.41) is 11.1. The lowest BCUT2D eigenvalue weighted by Gasteiger charge is -2.07. The SMILES string of the molecule is O=[N+]([O-])c1ccc(S(=O)(=O)N2C[C@@H]2c2ccccc2Cl)cc1. The maximum absolute atomic E-state index is 12.5. The van der Waals surface area contributed by atoms with E-state index in [9.17, 15) is 18.5 Å². The number of hydrogen-bond acceptors (Lipinski definition) is 4. The molecule has 1 fully saturated rings. The van der Waals surface area contributed by atoms with Crippen LogP contribution in [-0.4, -0.2) is 24.2 Å². The van der Waals surface area contributed by atoms with Crippen LogP contribution in [0.15, 0.2) is 53.4 Å². The predicted molar refractivity (Wildman–Crippen MR) is 81.2 cm³/mol. The van der Waals surface area contributed by atoms with E-state index in [1.807, 2.05) is 0 Å². The first-order valence-corrected chi connectivity index (χ1v) is 8.24. The van der Waals surface area contributed by atoms with E-state index in [1.54, 1.807) is 24.3 Å². The second-order valence-corrected chi connectivity index (χ2v) is 7.16. The van der Waals surface area contributed by atoms with Gasteiger partial charge in [0.15, 0.2) is 0 Å². The molecule has 114 valence electrons. The maximum Gasteiger partial charge on any atom is 0.269 e. The molecule has 2 atom stereocenters. The van der Waals surface area contributed by atoms with Gasteiger partial charge in [0.2, 0.25) is 10.0 Å². The second-order valence-electron chi connectivity index (χ2n) is 4.86. The van der Waals surface area contributed by atoms with Crippen molar-refractivity contribution in [3.63, 3.8) is 0 Å². The van der Waals surface area contributed by atoms with E-state index in [-0.39, 0.29) is 16.6 Å². The first-order valence-electron chi connectivity index (χ1n) is 6.42. The van der Waals surface area contributed by atoms with Crippen molar-refractivity contribution in [2.24, 2.45) is 0 Å². The van der Waals surface area contributed by atoms with Crippen molar-refractivity contribution in [1.29, 1.82) is 0 Å². The molecule has 0 radical (unpaired) electrons. The molecule has 6 nitrogen and oxygen atoms in total. The molecule has 0 bridgehead atoms. The lowest BCUT2D eigenvalue weighted by atomic mass is 10.2.